The Bertz CT molecular complexity index is 718. The van der Waals surface area contributed by atoms with Crippen LogP contribution >= 0.6 is 11.3 Å². The van der Waals surface area contributed by atoms with Gasteiger partial charge in [0.15, 0.2) is 0 Å². The van der Waals surface area contributed by atoms with Crippen LogP contribution in [0.25, 0.3) is 0 Å². The quantitative estimate of drug-likeness (QED) is 0.913. The van der Waals surface area contributed by atoms with Crippen LogP contribution in [-0.2, 0) is 6.54 Å². The van der Waals surface area contributed by atoms with Gasteiger partial charge in [0, 0.05) is 12.5 Å². The maximum atomic E-state index is 13.5. The van der Waals surface area contributed by atoms with E-state index in [2.05, 4.69) is 29.4 Å². The van der Waals surface area contributed by atoms with Gasteiger partial charge in [0.1, 0.15) is 15.8 Å². The van der Waals surface area contributed by atoms with Crippen molar-refractivity contribution >= 4 is 17.4 Å². The van der Waals surface area contributed by atoms with E-state index in [0.717, 1.165) is 28.4 Å². The molecule has 1 aromatic heterocycles. The highest BCUT2D eigenvalue weighted by atomic mass is 32.1. The van der Waals surface area contributed by atoms with Gasteiger partial charge >= 0.3 is 6.03 Å². The number of benzene rings is 1. The molecule has 1 aliphatic heterocycles. The predicted octanol–water partition coefficient (Wildman–Crippen LogP) is 3.85. The monoisotopic (exact) mass is 348 g/mol. The molecule has 3 rings (SSSR count). The lowest BCUT2D eigenvalue weighted by Crippen LogP contribution is -2.39. The highest BCUT2D eigenvalue weighted by Crippen LogP contribution is 2.32. The molecule has 1 fully saturated rings. The Kier molecular flexibility index (Phi) is 5.08. The molecule has 5 nitrogen and oxygen atoms in total. The minimum absolute atomic E-state index is 0.0682. The second-order valence-corrected chi connectivity index (χ2v) is 7.35. The van der Waals surface area contributed by atoms with Gasteiger partial charge in [-0.1, -0.05) is 37.3 Å². The summed E-state index contributed by atoms with van der Waals surface area (Å²) in [6, 6.07) is 6.29. The topological polar surface area (TPSA) is 58.1 Å². The van der Waals surface area contributed by atoms with Gasteiger partial charge < -0.3 is 10.2 Å². The second-order valence-electron chi connectivity index (χ2n) is 6.25. The third-order valence-corrected chi connectivity index (χ3v) is 5.34. The molecule has 1 unspecified atom stereocenters. The maximum Gasteiger partial charge on any atom is 0.318 e. The van der Waals surface area contributed by atoms with Crippen LogP contribution in [0.2, 0.25) is 0 Å². The number of likely N-dealkylation sites (tertiary alicyclic amines) is 1. The van der Waals surface area contributed by atoms with E-state index in [-0.39, 0.29) is 17.9 Å². The van der Waals surface area contributed by atoms with E-state index in [1.807, 2.05) is 6.07 Å². The summed E-state index contributed by atoms with van der Waals surface area (Å²) >= 11 is 1.52. The van der Waals surface area contributed by atoms with Crippen LogP contribution in [0, 0.1) is 5.82 Å². The average Bonchev–Trinajstić information content (AvgIpc) is 3.22. The number of rotatable bonds is 4. The molecule has 1 aromatic carbocycles. The maximum absolute atomic E-state index is 13.5. The van der Waals surface area contributed by atoms with Crippen molar-refractivity contribution in [2.75, 3.05) is 6.54 Å². The highest BCUT2D eigenvalue weighted by molar-refractivity contribution is 7.11. The molecule has 0 saturated carbocycles. The summed E-state index contributed by atoms with van der Waals surface area (Å²) in [6.45, 7) is 5.18. The fourth-order valence-electron chi connectivity index (χ4n) is 2.89. The number of nitrogens with one attached hydrogen (secondary N) is 1. The molecule has 128 valence electrons. The molecule has 0 aliphatic carbocycles. The molecule has 1 atom stereocenters. The van der Waals surface area contributed by atoms with Gasteiger partial charge in [-0.15, -0.1) is 10.2 Å². The summed E-state index contributed by atoms with van der Waals surface area (Å²) < 4.78 is 13.5. The number of halogens is 1. The second kappa shape index (κ2) is 7.25. The number of carbonyl (C=O) groups excluding carboxylic acids is 1. The van der Waals surface area contributed by atoms with Crippen molar-refractivity contribution in [2.24, 2.45) is 0 Å². The third kappa shape index (κ3) is 3.72. The Morgan fingerprint density at radius 3 is 3.00 bits per heavy atom. The first kappa shape index (κ1) is 16.8. The van der Waals surface area contributed by atoms with E-state index >= 15 is 0 Å². The van der Waals surface area contributed by atoms with Crippen molar-refractivity contribution in [1.82, 2.24) is 20.4 Å². The van der Waals surface area contributed by atoms with Crippen molar-refractivity contribution in [3.63, 3.8) is 0 Å². The zero-order valence-electron chi connectivity index (χ0n) is 13.8. The Morgan fingerprint density at radius 2 is 2.29 bits per heavy atom. The minimum Gasteiger partial charge on any atom is -0.331 e. The normalized spacial score (nSPS) is 17.5. The Labute approximate surface area is 144 Å². The summed E-state index contributed by atoms with van der Waals surface area (Å²) in [5, 5.41) is 12.9. The van der Waals surface area contributed by atoms with Gasteiger partial charge in [-0.05, 0) is 30.5 Å². The zero-order chi connectivity index (χ0) is 17.1. The van der Waals surface area contributed by atoms with Crippen LogP contribution in [0.3, 0.4) is 0 Å². The van der Waals surface area contributed by atoms with Crippen molar-refractivity contribution in [1.29, 1.82) is 0 Å². The van der Waals surface area contributed by atoms with Crippen molar-refractivity contribution in [2.45, 2.75) is 45.2 Å². The third-order valence-electron chi connectivity index (χ3n) is 4.11. The van der Waals surface area contributed by atoms with Crippen molar-refractivity contribution in [3.8, 4) is 0 Å². The number of urea groups is 1. The number of aromatic nitrogens is 2. The first-order valence-corrected chi connectivity index (χ1v) is 8.98. The number of hydrogen-bond donors (Lipinski definition) is 1. The molecule has 2 amide bonds. The lowest BCUT2D eigenvalue weighted by Gasteiger charge is -2.25. The van der Waals surface area contributed by atoms with Gasteiger partial charge in [-0.2, -0.15) is 0 Å². The SMILES string of the molecule is CC(C)c1nnc(CNC(=O)N2CCCC2c2cccc(F)c2)s1. The van der Waals surface area contributed by atoms with E-state index in [1.54, 1.807) is 11.0 Å². The largest absolute Gasteiger partial charge is 0.331 e. The summed E-state index contributed by atoms with van der Waals surface area (Å²) in [4.78, 5) is 14.3. The first-order chi connectivity index (χ1) is 11.5. The molecular weight excluding hydrogens is 327 g/mol. The molecule has 0 radical (unpaired) electrons. The van der Waals surface area contributed by atoms with Crippen LogP contribution in [0.15, 0.2) is 24.3 Å². The fourth-order valence-corrected chi connectivity index (χ4v) is 3.68. The van der Waals surface area contributed by atoms with Gasteiger partial charge in [-0.25, -0.2) is 9.18 Å². The first-order valence-electron chi connectivity index (χ1n) is 8.17. The molecular formula is C17H21FN4OS. The molecule has 1 saturated heterocycles. The molecule has 0 bridgehead atoms. The lowest BCUT2D eigenvalue weighted by molar-refractivity contribution is 0.192. The Morgan fingerprint density at radius 1 is 1.46 bits per heavy atom. The van der Waals surface area contributed by atoms with Gasteiger partial charge in [0.2, 0.25) is 0 Å². The highest BCUT2D eigenvalue weighted by Gasteiger charge is 2.30. The molecule has 0 spiro atoms. The summed E-state index contributed by atoms with van der Waals surface area (Å²) in [5.41, 5.74) is 0.848. The number of amides is 2. The van der Waals surface area contributed by atoms with Gasteiger partial charge in [-0.3, -0.25) is 0 Å². The molecule has 1 aliphatic rings. The predicted molar refractivity (Wildman–Crippen MR) is 91.3 cm³/mol. The number of carbonyl (C=O) groups is 1. The fraction of sp³-hybridized carbons (Fsp3) is 0.471. The van der Waals surface area contributed by atoms with E-state index < -0.39 is 0 Å². The zero-order valence-corrected chi connectivity index (χ0v) is 14.6. The van der Waals surface area contributed by atoms with E-state index in [9.17, 15) is 9.18 Å². The Hall–Kier alpha value is -2.02. The van der Waals surface area contributed by atoms with Gasteiger partial charge in [0.25, 0.3) is 0 Å². The van der Waals surface area contributed by atoms with Crippen LogP contribution in [0.5, 0.6) is 0 Å². The van der Waals surface area contributed by atoms with Crippen LogP contribution in [0.4, 0.5) is 9.18 Å². The number of hydrogen-bond acceptors (Lipinski definition) is 4. The van der Waals surface area contributed by atoms with E-state index in [4.69, 9.17) is 0 Å². The smallest absolute Gasteiger partial charge is 0.318 e. The summed E-state index contributed by atoms with van der Waals surface area (Å²) in [7, 11) is 0. The van der Waals surface area contributed by atoms with Crippen molar-refractivity contribution < 1.29 is 9.18 Å². The van der Waals surface area contributed by atoms with Crippen LogP contribution in [-0.4, -0.2) is 27.7 Å². The summed E-state index contributed by atoms with van der Waals surface area (Å²) in [6.07, 6.45) is 1.78. The summed E-state index contributed by atoms with van der Waals surface area (Å²) in [5.74, 6) is 0.0673. The standard InChI is InChI=1S/C17H21FN4OS/c1-11(2)16-21-20-15(24-16)10-19-17(23)22-8-4-7-14(22)12-5-3-6-13(18)9-12/h3,5-6,9,11,14H,4,7-8,10H2,1-2H3,(H,19,23). The van der Waals surface area contributed by atoms with E-state index in [0.29, 0.717) is 19.0 Å². The van der Waals surface area contributed by atoms with Crippen molar-refractivity contribution in [3.05, 3.63) is 45.7 Å². The van der Waals surface area contributed by atoms with E-state index in [1.165, 1.54) is 23.5 Å². The molecule has 2 heterocycles. The van der Waals surface area contributed by atoms with Gasteiger partial charge in [0.05, 0.1) is 12.6 Å². The van der Waals surface area contributed by atoms with Crippen LogP contribution < -0.4 is 5.32 Å². The number of nitrogens with zero attached hydrogens (tertiary/aromatic N) is 3. The van der Waals surface area contributed by atoms with Crippen LogP contribution in [0.1, 0.15) is 54.2 Å². The lowest BCUT2D eigenvalue weighted by atomic mass is 10.0. The molecule has 2 aromatic rings. The minimum atomic E-state index is -0.269. The molecule has 24 heavy (non-hydrogen) atoms. The molecule has 1 N–H and O–H groups in total. The molecule has 7 heteroatoms. The Balaban J connectivity index is 1.63. The average molecular weight is 348 g/mol.